The van der Waals surface area contributed by atoms with Crippen molar-refractivity contribution in [2.45, 2.75) is 68.2 Å². The molecule has 0 unspecified atom stereocenters. The second-order valence-electron chi connectivity index (χ2n) is 11.2. The van der Waals surface area contributed by atoms with Crippen LogP contribution < -0.4 is 4.74 Å². The van der Waals surface area contributed by atoms with Crippen LogP contribution in [0.3, 0.4) is 0 Å². The monoisotopic (exact) mass is 719 g/mol. The zero-order valence-electron chi connectivity index (χ0n) is 24.7. The van der Waals surface area contributed by atoms with Crippen LogP contribution in [-0.2, 0) is 24.9 Å². The van der Waals surface area contributed by atoms with Gasteiger partial charge in [-0.05, 0) is 18.4 Å². The molecule has 40 heavy (non-hydrogen) atoms. The van der Waals surface area contributed by atoms with Crippen molar-refractivity contribution in [1.29, 1.82) is 0 Å². The Kier molecular flexibility index (Phi) is 11.5. The molecule has 1 N–H and O–H groups in total. The summed E-state index contributed by atoms with van der Waals surface area (Å²) in [6.07, 6.45) is 6.43. The number of carbonyl (C=O) groups excluding carboxylic acids is 1. The summed E-state index contributed by atoms with van der Waals surface area (Å²) in [5.74, 6) is 1.38. The van der Waals surface area contributed by atoms with E-state index in [9.17, 15) is 9.90 Å². The first kappa shape index (κ1) is 33.0. The number of benzene rings is 2. The molecule has 0 saturated carbocycles. The number of furan rings is 1. The number of rotatable bonds is 8. The van der Waals surface area contributed by atoms with Crippen molar-refractivity contribution in [2.24, 2.45) is 10.8 Å². The third-order valence-corrected chi connectivity index (χ3v) is 7.26. The van der Waals surface area contributed by atoms with Crippen molar-refractivity contribution < 1.29 is 39.2 Å². The maximum Gasteiger partial charge on any atom is 0.228 e. The second-order valence-corrected chi connectivity index (χ2v) is 11.2. The molecule has 4 rings (SSSR count). The van der Waals surface area contributed by atoms with Gasteiger partial charge in [-0.25, -0.2) is 4.98 Å². The van der Waals surface area contributed by atoms with E-state index in [0.717, 1.165) is 46.1 Å². The number of aromatic nitrogens is 1. The van der Waals surface area contributed by atoms with Gasteiger partial charge in [-0.3, -0.25) is 4.79 Å². The van der Waals surface area contributed by atoms with Crippen LogP contribution in [0.5, 0.6) is 11.6 Å². The Morgan fingerprint density at radius 1 is 1.02 bits per heavy atom. The number of fused-ring (bicyclic) bond motifs is 1. The summed E-state index contributed by atoms with van der Waals surface area (Å²) >= 11 is 0. The van der Waals surface area contributed by atoms with Gasteiger partial charge in [0.2, 0.25) is 5.88 Å². The zero-order valence-corrected chi connectivity index (χ0v) is 27.1. The number of aliphatic hydroxyl groups excluding tert-OH is 1. The summed E-state index contributed by atoms with van der Waals surface area (Å²) in [4.78, 5) is 16.3. The zero-order chi connectivity index (χ0) is 28.8. The van der Waals surface area contributed by atoms with Crippen LogP contribution in [0.2, 0.25) is 0 Å². The quantitative estimate of drug-likeness (QED) is 0.112. The number of allylic oxidation sites excluding steroid dienone is 2. The molecule has 0 atom stereocenters. The van der Waals surface area contributed by atoms with Gasteiger partial charge in [0.05, 0.1) is 11.6 Å². The Morgan fingerprint density at radius 3 is 2.27 bits per heavy atom. The molecular weight excluding hydrogens is 679 g/mol. The Balaban J connectivity index is 0.000000307. The van der Waals surface area contributed by atoms with E-state index in [1.807, 2.05) is 97.9 Å². The maximum absolute atomic E-state index is 11.8. The minimum Gasteiger partial charge on any atom is -0.512 e. The van der Waals surface area contributed by atoms with Crippen LogP contribution in [0.25, 0.3) is 22.1 Å². The van der Waals surface area contributed by atoms with Gasteiger partial charge in [0.25, 0.3) is 0 Å². The van der Waals surface area contributed by atoms with Crippen molar-refractivity contribution in [3.63, 3.8) is 0 Å². The predicted octanol–water partition coefficient (Wildman–Crippen LogP) is 9.57. The second kappa shape index (κ2) is 13.9. The topological polar surface area (TPSA) is 72.6 Å². The normalized spacial score (nSPS) is 11.8. The third kappa shape index (κ3) is 8.16. The van der Waals surface area contributed by atoms with E-state index in [2.05, 4.69) is 17.1 Å². The molecule has 1 radical (unpaired) electrons. The van der Waals surface area contributed by atoms with Crippen LogP contribution in [0.1, 0.15) is 65.5 Å². The summed E-state index contributed by atoms with van der Waals surface area (Å²) in [6.45, 7) is 15.7. The molecule has 0 spiro atoms. The summed E-state index contributed by atoms with van der Waals surface area (Å²) < 4.78 is 11.7. The molecule has 2 heterocycles. The summed E-state index contributed by atoms with van der Waals surface area (Å²) in [5, 5.41) is 10.7. The molecule has 6 heteroatoms. The van der Waals surface area contributed by atoms with Gasteiger partial charge >= 0.3 is 0 Å². The number of aliphatic hydroxyl groups is 1. The molecule has 0 amide bonds. The summed E-state index contributed by atoms with van der Waals surface area (Å²) in [6, 6.07) is 19.2. The van der Waals surface area contributed by atoms with Crippen LogP contribution in [0.15, 0.2) is 77.2 Å². The van der Waals surface area contributed by atoms with Crippen molar-refractivity contribution in [3.05, 3.63) is 90.0 Å². The van der Waals surface area contributed by atoms with Crippen molar-refractivity contribution in [1.82, 2.24) is 4.98 Å². The number of pyridine rings is 1. The van der Waals surface area contributed by atoms with E-state index >= 15 is 0 Å². The molecule has 0 aliphatic carbocycles. The van der Waals surface area contributed by atoms with Gasteiger partial charge < -0.3 is 14.3 Å². The summed E-state index contributed by atoms with van der Waals surface area (Å²) in [5.41, 5.74) is 4.27. The predicted molar refractivity (Wildman–Crippen MR) is 158 cm³/mol. The van der Waals surface area contributed by atoms with E-state index < -0.39 is 0 Å². The fourth-order valence-corrected chi connectivity index (χ4v) is 3.75. The molecule has 0 aliphatic rings. The van der Waals surface area contributed by atoms with Gasteiger partial charge in [0.15, 0.2) is 5.78 Å². The van der Waals surface area contributed by atoms with E-state index in [1.54, 1.807) is 12.5 Å². The first-order chi connectivity index (χ1) is 18.4. The van der Waals surface area contributed by atoms with Crippen molar-refractivity contribution in [2.75, 3.05) is 0 Å². The van der Waals surface area contributed by atoms with Crippen molar-refractivity contribution in [3.8, 4) is 22.8 Å². The Morgan fingerprint density at radius 2 is 1.68 bits per heavy atom. The van der Waals surface area contributed by atoms with E-state index in [-0.39, 0.29) is 42.5 Å². The van der Waals surface area contributed by atoms with Gasteiger partial charge in [-0.15, -0.1) is 12.1 Å². The molecule has 2 aromatic carbocycles. The molecule has 4 aromatic rings. The first-order valence-electron chi connectivity index (χ1n) is 13.4. The van der Waals surface area contributed by atoms with E-state index in [0.29, 0.717) is 11.6 Å². The molecule has 215 valence electrons. The largest absolute Gasteiger partial charge is 0.512 e. The number of ether oxygens (including phenoxy) is 1. The van der Waals surface area contributed by atoms with Crippen LogP contribution in [-0.4, -0.2) is 15.9 Å². The summed E-state index contributed by atoms with van der Waals surface area (Å²) in [7, 11) is 0. The molecule has 0 fully saturated rings. The van der Waals surface area contributed by atoms with Crippen LogP contribution >= 0.6 is 0 Å². The first-order valence-corrected chi connectivity index (χ1v) is 13.4. The van der Waals surface area contributed by atoms with Crippen LogP contribution in [0.4, 0.5) is 0 Å². The minimum atomic E-state index is -0.377. The fourth-order valence-electron chi connectivity index (χ4n) is 3.75. The molecule has 0 aliphatic heterocycles. The maximum atomic E-state index is 11.8. The fraction of sp³-hybridized carbons (Fsp3) is 0.353. The van der Waals surface area contributed by atoms with Crippen molar-refractivity contribution >= 4 is 16.8 Å². The molecule has 0 bridgehead atoms. The molecule has 5 nitrogen and oxygen atoms in total. The van der Waals surface area contributed by atoms with Gasteiger partial charge in [0, 0.05) is 60.6 Å². The van der Waals surface area contributed by atoms with Gasteiger partial charge in [0.1, 0.15) is 11.3 Å². The third-order valence-electron chi connectivity index (χ3n) is 7.26. The molecule has 2 aromatic heterocycles. The Hall–Kier alpha value is -3.21. The number of aryl methyl sites for hydroxylation is 2. The van der Waals surface area contributed by atoms with Crippen LogP contribution in [0, 0.1) is 30.7 Å². The van der Waals surface area contributed by atoms with E-state index in [1.165, 1.54) is 6.08 Å². The number of nitrogens with zero attached hydrogens (tertiary/aromatic N) is 1. The van der Waals surface area contributed by atoms with Gasteiger partial charge in [-0.2, -0.15) is 17.2 Å². The number of hydrogen-bond donors (Lipinski definition) is 1. The number of hydrogen-bond acceptors (Lipinski definition) is 5. The SMILES string of the molecule is CCC(C)(C)C(=O)/C=C(\O)C(C)(C)CC.Cc1[c-]c(Oc2nccc3occ(-c4ccccc4)c23)cc(C)c1.[Ir]. The Labute approximate surface area is 252 Å². The van der Waals surface area contributed by atoms with Gasteiger partial charge in [-0.1, -0.05) is 85.7 Å². The molecular formula is C34H40IrNO4-. The smallest absolute Gasteiger partial charge is 0.228 e. The number of ketones is 1. The van der Waals surface area contributed by atoms with E-state index in [4.69, 9.17) is 9.15 Å². The number of carbonyl (C=O) groups is 1. The average molecular weight is 719 g/mol. The Bertz CT molecular complexity index is 1430. The standard InChI is InChI=1S/C21H16NO2.C13H24O2.Ir/c1-14-10-15(2)12-17(11-14)24-21-20-18(16-6-4-3-5-7-16)13-23-19(20)8-9-22-21;1-7-12(3,4)10(14)9-11(15)13(5,6)8-2;/h3-11,13H,1-2H3;9,14H,7-8H2,1-6H3;/q-1;;/b;10-9-;. The minimum absolute atomic E-state index is 0. The molecule has 0 saturated heterocycles. The average Bonchev–Trinajstić information content (AvgIpc) is 3.34.